The molecule has 1 aliphatic heterocycles. The third-order valence-electron chi connectivity index (χ3n) is 3.82. The average Bonchev–Trinajstić information content (AvgIpc) is 2.45. The summed E-state index contributed by atoms with van der Waals surface area (Å²) >= 11 is 0. The summed E-state index contributed by atoms with van der Waals surface area (Å²) in [5, 5.41) is 9.35. The molecule has 1 aliphatic rings. The molecule has 1 unspecified atom stereocenters. The van der Waals surface area contributed by atoms with E-state index in [2.05, 4.69) is 0 Å². The molecule has 5 nitrogen and oxygen atoms in total. The highest BCUT2D eigenvalue weighted by atomic mass is 16.4. The second-order valence-corrected chi connectivity index (χ2v) is 5.22. The standard InChI is InChI=1S/C15H20N2O3/c1-2-12(16)8-14(18)17-9-11-6-4-3-5-10(11)7-13(17)15(19)20/h3-6,12-13H,2,7-9,16H2,1H3,(H,19,20)/t12?,13-/m0/s1. The Labute approximate surface area is 118 Å². The van der Waals surface area contributed by atoms with Gasteiger partial charge >= 0.3 is 5.97 Å². The molecule has 20 heavy (non-hydrogen) atoms. The number of carboxylic acids is 1. The average molecular weight is 276 g/mol. The molecule has 0 saturated carbocycles. The predicted molar refractivity (Wildman–Crippen MR) is 75.0 cm³/mol. The topological polar surface area (TPSA) is 83.6 Å². The van der Waals surface area contributed by atoms with Crippen LogP contribution in [0.2, 0.25) is 0 Å². The zero-order valence-corrected chi connectivity index (χ0v) is 11.6. The van der Waals surface area contributed by atoms with Crippen LogP contribution < -0.4 is 5.73 Å². The van der Waals surface area contributed by atoms with Crippen molar-refractivity contribution in [2.75, 3.05) is 0 Å². The van der Waals surface area contributed by atoms with Crippen LogP contribution in [-0.2, 0) is 22.6 Å². The Balaban J connectivity index is 2.22. The number of aliphatic carboxylic acids is 1. The number of nitrogens with zero attached hydrogens (tertiary/aromatic N) is 1. The first-order valence-electron chi connectivity index (χ1n) is 6.87. The quantitative estimate of drug-likeness (QED) is 0.864. The van der Waals surface area contributed by atoms with E-state index in [1.54, 1.807) is 0 Å². The molecule has 1 heterocycles. The van der Waals surface area contributed by atoms with Crippen molar-refractivity contribution in [1.29, 1.82) is 0 Å². The molecule has 0 spiro atoms. The number of carbonyl (C=O) groups is 2. The zero-order valence-electron chi connectivity index (χ0n) is 11.6. The van der Waals surface area contributed by atoms with Gasteiger partial charge in [-0.2, -0.15) is 0 Å². The molecule has 0 aliphatic carbocycles. The third kappa shape index (κ3) is 2.99. The molecule has 1 aromatic carbocycles. The second-order valence-electron chi connectivity index (χ2n) is 5.22. The molecule has 2 rings (SSSR count). The molecular formula is C15H20N2O3. The van der Waals surface area contributed by atoms with Gasteiger partial charge in [-0.1, -0.05) is 31.2 Å². The Morgan fingerprint density at radius 3 is 2.65 bits per heavy atom. The maximum atomic E-state index is 12.3. The van der Waals surface area contributed by atoms with Gasteiger partial charge in [-0.3, -0.25) is 4.79 Å². The van der Waals surface area contributed by atoms with E-state index in [-0.39, 0.29) is 18.4 Å². The summed E-state index contributed by atoms with van der Waals surface area (Å²) in [4.78, 5) is 25.1. The monoisotopic (exact) mass is 276 g/mol. The van der Waals surface area contributed by atoms with Gasteiger partial charge in [0.05, 0.1) is 0 Å². The largest absolute Gasteiger partial charge is 0.480 e. The van der Waals surface area contributed by atoms with Crippen molar-refractivity contribution in [3.8, 4) is 0 Å². The van der Waals surface area contributed by atoms with Crippen LogP contribution in [-0.4, -0.2) is 34.0 Å². The van der Waals surface area contributed by atoms with Gasteiger partial charge in [0, 0.05) is 25.4 Å². The molecule has 0 bridgehead atoms. The van der Waals surface area contributed by atoms with Crippen LogP contribution in [0, 0.1) is 0 Å². The zero-order chi connectivity index (χ0) is 14.7. The highest BCUT2D eigenvalue weighted by Gasteiger charge is 2.34. The summed E-state index contributed by atoms with van der Waals surface area (Å²) in [6.07, 6.45) is 1.26. The second kappa shape index (κ2) is 6.05. The lowest BCUT2D eigenvalue weighted by Crippen LogP contribution is -2.49. The van der Waals surface area contributed by atoms with Gasteiger partial charge in [0.25, 0.3) is 0 Å². The van der Waals surface area contributed by atoms with Gasteiger partial charge in [0.15, 0.2) is 0 Å². The molecule has 0 radical (unpaired) electrons. The fourth-order valence-electron chi connectivity index (χ4n) is 2.49. The van der Waals surface area contributed by atoms with Crippen molar-refractivity contribution >= 4 is 11.9 Å². The van der Waals surface area contributed by atoms with Gasteiger partial charge in [-0.25, -0.2) is 4.79 Å². The molecule has 108 valence electrons. The maximum Gasteiger partial charge on any atom is 0.326 e. The fraction of sp³-hybridized carbons (Fsp3) is 0.467. The van der Waals surface area contributed by atoms with Crippen molar-refractivity contribution in [2.45, 2.75) is 44.8 Å². The molecule has 3 N–H and O–H groups in total. The number of amides is 1. The highest BCUT2D eigenvalue weighted by Crippen LogP contribution is 2.24. The van der Waals surface area contributed by atoms with Crippen LogP contribution >= 0.6 is 0 Å². The molecule has 1 amide bonds. The molecule has 0 saturated heterocycles. The smallest absolute Gasteiger partial charge is 0.326 e. The fourth-order valence-corrected chi connectivity index (χ4v) is 2.49. The minimum absolute atomic E-state index is 0.179. The Morgan fingerprint density at radius 1 is 1.40 bits per heavy atom. The number of benzene rings is 1. The van der Waals surface area contributed by atoms with E-state index >= 15 is 0 Å². The number of hydrogen-bond donors (Lipinski definition) is 2. The van der Waals surface area contributed by atoms with Gasteiger partial charge in [0.1, 0.15) is 6.04 Å². The Bertz CT molecular complexity index is 516. The van der Waals surface area contributed by atoms with Crippen LogP contribution in [0.5, 0.6) is 0 Å². The minimum atomic E-state index is -0.960. The molecule has 2 atom stereocenters. The lowest BCUT2D eigenvalue weighted by molar-refractivity contribution is -0.151. The van der Waals surface area contributed by atoms with E-state index in [4.69, 9.17) is 5.73 Å². The van der Waals surface area contributed by atoms with E-state index in [0.29, 0.717) is 19.4 Å². The number of carboxylic acid groups (broad SMARTS) is 1. The number of rotatable bonds is 4. The summed E-state index contributed by atoms with van der Waals surface area (Å²) in [5.41, 5.74) is 7.82. The first-order valence-corrected chi connectivity index (χ1v) is 6.87. The Kier molecular flexibility index (Phi) is 4.39. The molecule has 5 heteroatoms. The van der Waals surface area contributed by atoms with Crippen molar-refractivity contribution in [2.24, 2.45) is 5.73 Å². The van der Waals surface area contributed by atoms with Gasteiger partial charge in [0.2, 0.25) is 5.91 Å². The summed E-state index contributed by atoms with van der Waals surface area (Å²) < 4.78 is 0. The SMILES string of the molecule is CCC(N)CC(=O)N1Cc2ccccc2C[C@H]1C(=O)O. The third-order valence-corrected chi connectivity index (χ3v) is 3.82. The first kappa shape index (κ1) is 14.5. The lowest BCUT2D eigenvalue weighted by atomic mass is 9.93. The van der Waals surface area contributed by atoms with Crippen molar-refractivity contribution in [3.05, 3.63) is 35.4 Å². The van der Waals surface area contributed by atoms with E-state index in [1.165, 1.54) is 4.90 Å². The summed E-state index contributed by atoms with van der Waals surface area (Å²) in [6.45, 7) is 2.26. The predicted octanol–water partition coefficient (Wildman–Crippen LogP) is 1.15. The van der Waals surface area contributed by atoms with Crippen LogP contribution in [0.25, 0.3) is 0 Å². The van der Waals surface area contributed by atoms with E-state index < -0.39 is 12.0 Å². The van der Waals surface area contributed by atoms with E-state index in [1.807, 2.05) is 31.2 Å². The highest BCUT2D eigenvalue weighted by molar-refractivity contribution is 5.84. The molecular weight excluding hydrogens is 256 g/mol. The van der Waals surface area contributed by atoms with Gasteiger partial charge in [-0.05, 0) is 17.5 Å². The van der Waals surface area contributed by atoms with Gasteiger partial charge in [-0.15, -0.1) is 0 Å². The van der Waals surface area contributed by atoms with Gasteiger partial charge < -0.3 is 15.7 Å². The number of nitrogens with two attached hydrogens (primary N) is 1. The molecule has 1 aromatic rings. The van der Waals surface area contributed by atoms with Crippen LogP contribution in [0.3, 0.4) is 0 Å². The number of hydrogen-bond acceptors (Lipinski definition) is 3. The Hall–Kier alpha value is -1.88. The first-order chi connectivity index (χ1) is 9.52. The van der Waals surface area contributed by atoms with Crippen LogP contribution in [0.4, 0.5) is 0 Å². The minimum Gasteiger partial charge on any atom is -0.480 e. The normalized spacial score (nSPS) is 19.3. The molecule has 0 fully saturated rings. The molecule has 0 aromatic heterocycles. The van der Waals surface area contributed by atoms with Crippen molar-refractivity contribution in [1.82, 2.24) is 4.90 Å². The Morgan fingerprint density at radius 2 is 2.05 bits per heavy atom. The van der Waals surface area contributed by atoms with Crippen LogP contribution in [0.1, 0.15) is 30.9 Å². The number of fused-ring (bicyclic) bond motifs is 1. The van der Waals surface area contributed by atoms with Crippen molar-refractivity contribution < 1.29 is 14.7 Å². The summed E-state index contributed by atoms with van der Waals surface area (Å²) in [5.74, 6) is -1.14. The lowest BCUT2D eigenvalue weighted by Gasteiger charge is -2.35. The van der Waals surface area contributed by atoms with E-state index in [9.17, 15) is 14.7 Å². The maximum absolute atomic E-state index is 12.3. The summed E-state index contributed by atoms with van der Waals surface area (Å²) in [6, 6.07) is 6.65. The van der Waals surface area contributed by atoms with Crippen molar-refractivity contribution in [3.63, 3.8) is 0 Å². The number of carbonyl (C=O) groups excluding carboxylic acids is 1. The van der Waals surface area contributed by atoms with E-state index in [0.717, 1.165) is 11.1 Å². The summed E-state index contributed by atoms with van der Waals surface area (Å²) in [7, 11) is 0. The van der Waals surface area contributed by atoms with Crippen LogP contribution in [0.15, 0.2) is 24.3 Å².